The highest BCUT2D eigenvalue weighted by Gasteiger charge is 2.21. The number of hydrogen-bond acceptors (Lipinski definition) is 5. The van der Waals surface area contributed by atoms with Crippen LogP contribution < -0.4 is 10.6 Å². The zero-order chi connectivity index (χ0) is 19.2. The van der Waals surface area contributed by atoms with Crippen LogP contribution in [-0.4, -0.2) is 36.8 Å². The molecule has 0 aliphatic heterocycles. The summed E-state index contributed by atoms with van der Waals surface area (Å²) in [5, 5.41) is 6.48. The normalized spacial score (nSPS) is 11.5. The van der Waals surface area contributed by atoms with Crippen LogP contribution in [-0.2, 0) is 23.1 Å². The average Bonchev–Trinajstić information content (AvgIpc) is 3.04. The van der Waals surface area contributed by atoms with Gasteiger partial charge < -0.3 is 10.6 Å². The minimum Gasteiger partial charge on any atom is -0.334 e. The monoisotopic (exact) mass is 396 g/mol. The van der Waals surface area contributed by atoms with Crippen LogP contribution in [0, 0.1) is 6.92 Å². The molecular formula is C17H24N4O3S2. The molecule has 1 heterocycles. The summed E-state index contributed by atoms with van der Waals surface area (Å²) in [5.74, 6) is 0. The first-order chi connectivity index (χ1) is 12.4. The second kappa shape index (κ2) is 9.11. The molecule has 0 radical (unpaired) electrons. The second-order valence-corrected chi connectivity index (χ2v) is 8.87. The molecule has 0 aliphatic carbocycles. The van der Waals surface area contributed by atoms with Gasteiger partial charge in [0.1, 0.15) is 0 Å². The molecule has 1 aromatic carbocycles. The van der Waals surface area contributed by atoms with E-state index in [0.717, 1.165) is 15.4 Å². The first-order valence-electron chi connectivity index (χ1n) is 8.39. The third-order valence-corrected chi connectivity index (χ3v) is 6.79. The van der Waals surface area contributed by atoms with Crippen LogP contribution in [0.2, 0.25) is 0 Å². The Morgan fingerprint density at radius 2 is 1.73 bits per heavy atom. The lowest BCUT2D eigenvalue weighted by Gasteiger charge is -2.18. The second-order valence-electron chi connectivity index (χ2n) is 5.62. The molecule has 0 unspecified atom stereocenters. The maximum absolute atomic E-state index is 12.4. The smallest absolute Gasteiger partial charge is 0.315 e. The molecule has 0 aliphatic rings. The van der Waals surface area contributed by atoms with Gasteiger partial charge in [0, 0.05) is 30.7 Å². The van der Waals surface area contributed by atoms with Gasteiger partial charge in [0.25, 0.3) is 0 Å². The molecule has 0 atom stereocenters. The molecule has 26 heavy (non-hydrogen) atoms. The Kier molecular flexibility index (Phi) is 7.13. The molecule has 0 fully saturated rings. The molecule has 1 aromatic heterocycles. The molecule has 9 heteroatoms. The van der Waals surface area contributed by atoms with E-state index in [2.05, 4.69) is 15.6 Å². The van der Waals surface area contributed by atoms with Gasteiger partial charge in [-0.3, -0.25) is 0 Å². The third-order valence-electron chi connectivity index (χ3n) is 3.81. The van der Waals surface area contributed by atoms with Crippen molar-refractivity contribution in [2.45, 2.75) is 38.8 Å². The fraction of sp³-hybridized carbons (Fsp3) is 0.412. The van der Waals surface area contributed by atoms with Gasteiger partial charge in [0.05, 0.1) is 16.4 Å². The van der Waals surface area contributed by atoms with Gasteiger partial charge in [-0.1, -0.05) is 26.0 Å². The van der Waals surface area contributed by atoms with Crippen LogP contribution in [0.4, 0.5) is 4.79 Å². The fourth-order valence-corrected chi connectivity index (χ4v) is 4.58. The Bertz CT molecular complexity index is 828. The van der Waals surface area contributed by atoms with Crippen molar-refractivity contribution in [1.82, 2.24) is 19.9 Å². The molecule has 2 rings (SSSR count). The molecule has 0 saturated carbocycles. The number of thiazole rings is 1. The number of carbonyl (C=O) groups is 1. The van der Waals surface area contributed by atoms with E-state index in [1.54, 1.807) is 30.5 Å². The number of amides is 2. The largest absolute Gasteiger partial charge is 0.334 e. The summed E-state index contributed by atoms with van der Waals surface area (Å²) in [7, 11) is -3.46. The molecule has 0 spiro atoms. The Morgan fingerprint density at radius 1 is 1.12 bits per heavy atom. The van der Waals surface area contributed by atoms with Gasteiger partial charge >= 0.3 is 6.03 Å². The molecule has 2 amide bonds. The lowest BCUT2D eigenvalue weighted by atomic mass is 10.2. The van der Waals surface area contributed by atoms with Gasteiger partial charge in [-0.15, -0.1) is 11.3 Å². The summed E-state index contributed by atoms with van der Waals surface area (Å²) >= 11 is 1.54. The molecule has 2 aromatic rings. The Morgan fingerprint density at radius 3 is 2.27 bits per heavy atom. The number of urea groups is 1. The van der Waals surface area contributed by atoms with Crippen LogP contribution in [0.5, 0.6) is 0 Å². The maximum atomic E-state index is 12.4. The third kappa shape index (κ3) is 5.26. The van der Waals surface area contributed by atoms with Crippen molar-refractivity contribution in [3.63, 3.8) is 0 Å². The highest BCUT2D eigenvalue weighted by atomic mass is 32.2. The summed E-state index contributed by atoms with van der Waals surface area (Å²) in [6.45, 7) is 7.15. The van der Waals surface area contributed by atoms with E-state index in [9.17, 15) is 13.2 Å². The summed E-state index contributed by atoms with van der Waals surface area (Å²) in [6.07, 6.45) is 1.75. The van der Waals surface area contributed by atoms with Crippen LogP contribution in [0.15, 0.2) is 35.4 Å². The Hall–Kier alpha value is -1.97. The number of hydrogen-bond donors (Lipinski definition) is 2. The van der Waals surface area contributed by atoms with Crippen molar-refractivity contribution in [2.75, 3.05) is 13.1 Å². The summed E-state index contributed by atoms with van der Waals surface area (Å²) < 4.78 is 26.3. The van der Waals surface area contributed by atoms with Gasteiger partial charge in [0.15, 0.2) is 0 Å². The van der Waals surface area contributed by atoms with E-state index in [0.29, 0.717) is 26.2 Å². The number of carbonyl (C=O) groups excluding carboxylic acids is 1. The Labute approximate surface area is 158 Å². The average molecular weight is 397 g/mol. The molecule has 7 nitrogen and oxygen atoms in total. The number of rotatable bonds is 8. The number of benzene rings is 1. The minimum atomic E-state index is -3.46. The van der Waals surface area contributed by atoms with E-state index in [4.69, 9.17) is 0 Å². The highest BCUT2D eigenvalue weighted by molar-refractivity contribution is 7.89. The molecule has 2 N–H and O–H groups in total. The summed E-state index contributed by atoms with van der Waals surface area (Å²) in [5.41, 5.74) is 0.826. The molecule has 0 saturated heterocycles. The zero-order valence-electron chi connectivity index (χ0n) is 15.2. The van der Waals surface area contributed by atoms with Crippen molar-refractivity contribution in [3.8, 4) is 0 Å². The number of aromatic nitrogens is 1. The maximum Gasteiger partial charge on any atom is 0.315 e. The number of nitrogens with zero attached hydrogens (tertiary/aromatic N) is 2. The minimum absolute atomic E-state index is 0.259. The van der Waals surface area contributed by atoms with Crippen molar-refractivity contribution < 1.29 is 13.2 Å². The SMILES string of the molecule is CCN(CC)S(=O)(=O)c1ccc(CNC(=O)NCc2cnc(C)s2)cc1. The first kappa shape index (κ1) is 20.3. The van der Waals surface area contributed by atoms with Crippen LogP contribution in [0.25, 0.3) is 0 Å². The zero-order valence-corrected chi connectivity index (χ0v) is 16.8. The number of nitrogens with one attached hydrogen (secondary N) is 2. The number of aryl methyl sites for hydroxylation is 1. The Balaban J connectivity index is 1.88. The van der Waals surface area contributed by atoms with Crippen molar-refractivity contribution in [1.29, 1.82) is 0 Å². The van der Waals surface area contributed by atoms with E-state index in [1.165, 1.54) is 15.6 Å². The van der Waals surface area contributed by atoms with E-state index >= 15 is 0 Å². The van der Waals surface area contributed by atoms with Gasteiger partial charge in [-0.05, 0) is 24.6 Å². The first-order valence-corrected chi connectivity index (χ1v) is 10.6. The van der Waals surface area contributed by atoms with Crippen LogP contribution >= 0.6 is 11.3 Å². The van der Waals surface area contributed by atoms with Gasteiger partial charge in [-0.2, -0.15) is 4.31 Å². The summed E-state index contributed by atoms with van der Waals surface area (Å²) in [4.78, 5) is 17.2. The van der Waals surface area contributed by atoms with Crippen molar-refractivity contribution in [2.24, 2.45) is 0 Å². The van der Waals surface area contributed by atoms with E-state index in [1.807, 2.05) is 20.8 Å². The lowest BCUT2D eigenvalue weighted by Crippen LogP contribution is -2.34. The predicted molar refractivity (Wildman–Crippen MR) is 102 cm³/mol. The molecule has 142 valence electrons. The highest BCUT2D eigenvalue weighted by Crippen LogP contribution is 2.16. The van der Waals surface area contributed by atoms with Crippen LogP contribution in [0.1, 0.15) is 29.3 Å². The quantitative estimate of drug-likeness (QED) is 0.717. The lowest BCUT2D eigenvalue weighted by molar-refractivity contribution is 0.240. The fourth-order valence-electron chi connectivity index (χ4n) is 2.39. The molecular weight excluding hydrogens is 372 g/mol. The predicted octanol–water partition coefficient (Wildman–Crippen LogP) is 2.48. The van der Waals surface area contributed by atoms with Crippen molar-refractivity contribution in [3.05, 3.63) is 45.9 Å². The molecule has 0 bridgehead atoms. The van der Waals surface area contributed by atoms with Crippen LogP contribution in [0.3, 0.4) is 0 Å². The standard InChI is InChI=1S/C17H24N4O3S2/c1-4-21(5-2)26(23,24)16-8-6-14(7-9-16)10-19-17(22)20-12-15-11-18-13(3)25-15/h6-9,11H,4-5,10,12H2,1-3H3,(H2,19,20,22). The number of sulfonamides is 1. The summed E-state index contributed by atoms with van der Waals surface area (Å²) in [6, 6.07) is 6.29. The topological polar surface area (TPSA) is 91.4 Å². The van der Waals surface area contributed by atoms with Gasteiger partial charge in [-0.25, -0.2) is 18.2 Å². The van der Waals surface area contributed by atoms with Crippen molar-refractivity contribution >= 4 is 27.4 Å². The van der Waals surface area contributed by atoms with E-state index < -0.39 is 10.0 Å². The van der Waals surface area contributed by atoms with E-state index in [-0.39, 0.29) is 10.9 Å². The van der Waals surface area contributed by atoms with Gasteiger partial charge in [0.2, 0.25) is 10.0 Å².